The van der Waals surface area contributed by atoms with Gasteiger partial charge in [0.2, 0.25) is 11.8 Å². The topological polar surface area (TPSA) is 64.5 Å². The second kappa shape index (κ2) is 5.77. The van der Waals surface area contributed by atoms with Crippen molar-refractivity contribution in [1.82, 2.24) is 15.1 Å². The number of amides is 1. The van der Waals surface area contributed by atoms with Crippen molar-refractivity contribution in [2.24, 2.45) is 0 Å². The molecule has 1 aromatic heterocycles. The van der Waals surface area contributed by atoms with Crippen molar-refractivity contribution in [2.45, 2.75) is 19.4 Å². The molecule has 98 valence electrons. The fraction of sp³-hybridized carbons (Fsp3) is 0.583. The third-order valence-electron chi connectivity index (χ3n) is 2.83. The Labute approximate surface area is 106 Å². The molecule has 1 fully saturated rings. The fourth-order valence-corrected chi connectivity index (χ4v) is 1.89. The van der Waals surface area contributed by atoms with Crippen LogP contribution in [-0.4, -0.2) is 53.9 Å². The summed E-state index contributed by atoms with van der Waals surface area (Å²) in [5, 5.41) is 7.88. The summed E-state index contributed by atoms with van der Waals surface area (Å²) in [6.45, 7) is 3.28. The Bertz CT molecular complexity index is 408. The Morgan fingerprint density at radius 2 is 2.33 bits per heavy atom. The van der Waals surface area contributed by atoms with Gasteiger partial charge in [0.05, 0.1) is 12.2 Å². The van der Waals surface area contributed by atoms with Crippen molar-refractivity contribution in [3.05, 3.63) is 17.8 Å². The number of carbonyl (C=O) groups excluding carboxylic acids is 1. The van der Waals surface area contributed by atoms with Gasteiger partial charge in [-0.25, -0.2) is 0 Å². The lowest BCUT2D eigenvalue weighted by Crippen LogP contribution is -2.33. The van der Waals surface area contributed by atoms with Crippen LogP contribution in [0.2, 0.25) is 0 Å². The number of ether oxygens (including phenoxy) is 2. The Hall–Kier alpha value is -1.69. The molecular formula is C12H17N3O3. The number of rotatable bonds is 4. The van der Waals surface area contributed by atoms with E-state index in [4.69, 9.17) is 9.47 Å². The number of hydrogen-bond acceptors (Lipinski definition) is 5. The lowest BCUT2D eigenvalue weighted by Gasteiger charge is -2.16. The summed E-state index contributed by atoms with van der Waals surface area (Å²) in [6.07, 6.45) is 0.799. The maximum Gasteiger partial charge on any atom is 0.248 e. The molecule has 1 unspecified atom stereocenters. The smallest absolute Gasteiger partial charge is 0.248 e. The molecule has 0 saturated carbocycles. The van der Waals surface area contributed by atoms with Crippen LogP contribution >= 0.6 is 0 Å². The van der Waals surface area contributed by atoms with E-state index in [-0.39, 0.29) is 18.6 Å². The highest BCUT2D eigenvalue weighted by Crippen LogP contribution is 2.16. The zero-order chi connectivity index (χ0) is 13.0. The van der Waals surface area contributed by atoms with Crippen molar-refractivity contribution in [1.29, 1.82) is 0 Å². The third kappa shape index (κ3) is 3.16. The highest BCUT2D eigenvalue weighted by atomic mass is 16.5. The average Bonchev–Trinajstić information content (AvgIpc) is 2.81. The first-order valence-electron chi connectivity index (χ1n) is 5.92. The van der Waals surface area contributed by atoms with E-state index in [0.29, 0.717) is 19.0 Å². The molecule has 1 aliphatic rings. The number of likely N-dealkylation sites (tertiary alicyclic amines) is 1. The minimum Gasteiger partial charge on any atom is -0.471 e. The maximum absolute atomic E-state index is 11.6. The third-order valence-corrected chi connectivity index (χ3v) is 2.83. The molecule has 1 atom stereocenters. The van der Waals surface area contributed by atoms with Gasteiger partial charge in [-0.1, -0.05) is 0 Å². The standard InChI is InChI=1S/C12H17N3O3/c1-9-3-4-11(14-13-9)18-10-5-6-15(7-10)12(16)8-17-2/h3-4,10H,5-8H2,1-2H3. The number of hydrogen-bond donors (Lipinski definition) is 0. The Morgan fingerprint density at radius 3 is 3.00 bits per heavy atom. The summed E-state index contributed by atoms with van der Waals surface area (Å²) in [4.78, 5) is 13.4. The van der Waals surface area contributed by atoms with Crippen molar-refractivity contribution in [3.63, 3.8) is 0 Å². The van der Waals surface area contributed by atoms with Crippen molar-refractivity contribution < 1.29 is 14.3 Å². The number of aryl methyl sites for hydroxylation is 1. The number of methoxy groups -OCH3 is 1. The molecule has 6 nitrogen and oxygen atoms in total. The van der Waals surface area contributed by atoms with Gasteiger partial charge in [-0.2, -0.15) is 5.10 Å². The Balaban J connectivity index is 1.86. The minimum absolute atomic E-state index is 0.00131. The van der Waals surface area contributed by atoms with Gasteiger partial charge in [0, 0.05) is 26.1 Å². The van der Waals surface area contributed by atoms with E-state index in [2.05, 4.69) is 10.2 Å². The van der Waals surface area contributed by atoms with Gasteiger partial charge in [-0.15, -0.1) is 5.10 Å². The molecule has 0 spiro atoms. The first-order chi connectivity index (χ1) is 8.69. The Kier molecular flexibility index (Phi) is 4.09. The molecule has 6 heteroatoms. The van der Waals surface area contributed by atoms with E-state index in [0.717, 1.165) is 12.1 Å². The van der Waals surface area contributed by atoms with E-state index in [9.17, 15) is 4.79 Å². The van der Waals surface area contributed by atoms with Crippen LogP contribution in [0.4, 0.5) is 0 Å². The normalized spacial score (nSPS) is 19.0. The second-order valence-electron chi connectivity index (χ2n) is 4.31. The van der Waals surface area contributed by atoms with Crippen LogP contribution in [0, 0.1) is 6.92 Å². The lowest BCUT2D eigenvalue weighted by atomic mass is 10.3. The van der Waals surface area contributed by atoms with Gasteiger partial charge in [0.1, 0.15) is 12.7 Å². The zero-order valence-electron chi connectivity index (χ0n) is 10.6. The molecule has 18 heavy (non-hydrogen) atoms. The Morgan fingerprint density at radius 1 is 1.50 bits per heavy atom. The zero-order valence-corrected chi connectivity index (χ0v) is 10.6. The average molecular weight is 251 g/mol. The maximum atomic E-state index is 11.6. The van der Waals surface area contributed by atoms with E-state index in [1.54, 1.807) is 11.0 Å². The number of aromatic nitrogens is 2. The predicted octanol–water partition coefficient (Wildman–Crippen LogP) is 0.411. The van der Waals surface area contributed by atoms with E-state index in [1.807, 2.05) is 13.0 Å². The van der Waals surface area contributed by atoms with Crippen molar-refractivity contribution in [2.75, 3.05) is 26.8 Å². The molecule has 2 rings (SSSR count). The van der Waals surface area contributed by atoms with Crippen LogP contribution in [-0.2, 0) is 9.53 Å². The lowest BCUT2D eigenvalue weighted by molar-refractivity contribution is -0.134. The van der Waals surface area contributed by atoms with Gasteiger partial charge < -0.3 is 14.4 Å². The van der Waals surface area contributed by atoms with Crippen molar-refractivity contribution in [3.8, 4) is 5.88 Å². The first-order valence-corrected chi connectivity index (χ1v) is 5.92. The molecular weight excluding hydrogens is 234 g/mol. The van der Waals surface area contributed by atoms with Gasteiger partial charge in [-0.05, 0) is 13.0 Å². The minimum atomic E-state index is -0.0113. The van der Waals surface area contributed by atoms with Gasteiger partial charge >= 0.3 is 0 Å². The van der Waals surface area contributed by atoms with Gasteiger partial charge in [-0.3, -0.25) is 4.79 Å². The first kappa shape index (κ1) is 12.8. The monoisotopic (exact) mass is 251 g/mol. The van der Waals surface area contributed by atoms with Gasteiger partial charge in [0.25, 0.3) is 0 Å². The molecule has 2 heterocycles. The summed E-state index contributed by atoms with van der Waals surface area (Å²) in [6, 6.07) is 3.65. The van der Waals surface area contributed by atoms with Crippen LogP contribution < -0.4 is 4.74 Å². The van der Waals surface area contributed by atoms with Crippen molar-refractivity contribution >= 4 is 5.91 Å². The van der Waals surface area contributed by atoms with Crippen LogP contribution in [0.5, 0.6) is 5.88 Å². The number of carbonyl (C=O) groups is 1. The molecule has 0 aliphatic carbocycles. The van der Waals surface area contributed by atoms with E-state index in [1.165, 1.54) is 7.11 Å². The number of nitrogens with zero attached hydrogens (tertiary/aromatic N) is 3. The summed E-state index contributed by atoms with van der Waals surface area (Å²) in [7, 11) is 1.52. The molecule has 1 aliphatic heterocycles. The van der Waals surface area contributed by atoms with Gasteiger partial charge in [0.15, 0.2) is 0 Å². The summed E-state index contributed by atoms with van der Waals surface area (Å²) in [5.41, 5.74) is 0.852. The van der Waals surface area contributed by atoms with Crippen LogP contribution in [0.15, 0.2) is 12.1 Å². The van der Waals surface area contributed by atoms with E-state index >= 15 is 0 Å². The summed E-state index contributed by atoms with van der Waals surface area (Å²) < 4.78 is 10.5. The molecule has 0 radical (unpaired) electrons. The van der Waals surface area contributed by atoms with Crippen LogP contribution in [0.3, 0.4) is 0 Å². The van der Waals surface area contributed by atoms with Crippen LogP contribution in [0.25, 0.3) is 0 Å². The van der Waals surface area contributed by atoms with Crippen LogP contribution in [0.1, 0.15) is 12.1 Å². The highest BCUT2D eigenvalue weighted by Gasteiger charge is 2.27. The second-order valence-corrected chi connectivity index (χ2v) is 4.31. The molecule has 1 aromatic rings. The highest BCUT2D eigenvalue weighted by molar-refractivity contribution is 5.77. The largest absolute Gasteiger partial charge is 0.471 e. The molecule has 0 N–H and O–H groups in total. The quantitative estimate of drug-likeness (QED) is 0.775. The predicted molar refractivity (Wildman–Crippen MR) is 64.3 cm³/mol. The summed E-state index contributed by atoms with van der Waals surface area (Å²) in [5.74, 6) is 0.505. The summed E-state index contributed by atoms with van der Waals surface area (Å²) >= 11 is 0. The molecule has 0 bridgehead atoms. The molecule has 1 amide bonds. The SMILES string of the molecule is COCC(=O)N1CCC(Oc2ccc(C)nn2)C1. The molecule has 1 saturated heterocycles. The molecule has 0 aromatic carbocycles. The van der Waals surface area contributed by atoms with E-state index < -0.39 is 0 Å². The fourth-order valence-electron chi connectivity index (χ4n) is 1.89.